The van der Waals surface area contributed by atoms with Gasteiger partial charge in [0.25, 0.3) is 5.91 Å². The first kappa shape index (κ1) is 13.4. The molecule has 0 fully saturated rings. The van der Waals surface area contributed by atoms with E-state index in [-0.39, 0.29) is 5.91 Å². The Hall–Kier alpha value is -3.27. The Bertz CT molecular complexity index is 1010. The van der Waals surface area contributed by atoms with Crippen LogP contribution in [0.15, 0.2) is 73.2 Å². The van der Waals surface area contributed by atoms with Gasteiger partial charge < -0.3 is 5.32 Å². The fourth-order valence-corrected chi connectivity index (χ4v) is 2.69. The number of nitrogens with one attached hydrogen (secondary N) is 1. The predicted octanol–water partition coefficient (Wildman–Crippen LogP) is 4.04. The van der Waals surface area contributed by atoms with Crippen molar-refractivity contribution in [2.45, 2.75) is 0 Å². The molecule has 2 aromatic heterocycles. The Labute approximate surface area is 132 Å². The first-order chi connectivity index (χ1) is 11.3. The summed E-state index contributed by atoms with van der Waals surface area (Å²) in [4.78, 5) is 20.8. The lowest BCUT2D eigenvalue weighted by Crippen LogP contribution is -2.12. The molecule has 0 atom stereocenters. The molecule has 4 rings (SSSR count). The summed E-state index contributed by atoms with van der Waals surface area (Å²) in [5, 5.41) is 6.07. The summed E-state index contributed by atoms with van der Waals surface area (Å²) in [6.07, 6.45) is 4.91. The van der Waals surface area contributed by atoms with E-state index in [4.69, 9.17) is 0 Å². The van der Waals surface area contributed by atoms with Gasteiger partial charge in [0.2, 0.25) is 0 Å². The second kappa shape index (κ2) is 5.50. The summed E-state index contributed by atoms with van der Waals surface area (Å²) < 4.78 is 0. The molecule has 0 aliphatic heterocycles. The standard InChI is InChI=1S/C19H13N3O/c23-19(14-5-3-10-20-12-14)22-17-9-11-21-18-15-6-2-1-4-13(15)7-8-16(17)18/h1-12H,(H,21,22,23). The van der Waals surface area contributed by atoms with Crippen LogP contribution in [0.5, 0.6) is 0 Å². The van der Waals surface area contributed by atoms with Crippen molar-refractivity contribution in [3.8, 4) is 0 Å². The molecule has 4 heteroatoms. The number of amides is 1. The molecule has 0 radical (unpaired) electrons. The molecule has 0 spiro atoms. The number of anilines is 1. The molecule has 4 aromatic rings. The lowest BCUT2D eigenvalue weighted by molar-refractivity contribution is 0.102. The van der Waals surface area contributed by atoms with E-state index in [0.717, 1.165) is 27.4 Å². The summed E-state index contributed by atoms with van der Waals surface area (Å²) >= 11 is 0. The smallest absolute Gasteiger partial charge is 0.257 e. The van der Waals surface area contributed by atoms with Gasteiger partial charge in [0, 0.05) is 29.4 Å². The molecule has 0 unspecified atom stereocenters. The number of carbonyl (C=O) groups excluding carboxylic acids is 1. The van der Waals surface area contributed by atoms with Crippen molar-refractivity contribution in [2.75, 3.05) is 5.32 Å². The highest BCUT2D eigenvalue weighted by Crippen LogP contribution is 2.28. The average molecular weight is 299 g/mol. The van der Waals surface area contributed by atoms with Crippen LogP contribution in [-0.4, -0.2) is 15.9 Å². The maximum Gasteiger partial charge on any atom is 0.257 e. The zero-order chi connectivity index (χ0) is 15.6. The Morgan fingerprint density at radius 3 is 2.65 bits per heavy atom. The molecule has 0 saturated carbocycles. The van der Waals surface area contributed by atoms with Crippen molar-refractivity contribution in [3.63, 3.8) is 0 Å². The molecule has 23 heavy (non-hydrogen) atoms. The van der Waals surface area contributed by atoms with E-state index in [1.165, 1.54) is 0 Å². The lowest BCUT2D eigenvalue weighted by Gasteiger charge is -2.10. The van der Waals surface area contributed by atoms with Gasteiger partial charge in [-0.1, -0.05) is 36.4 Å². The van der Waals surface area contributed by atoms with Gasteiger partial charge in [0.05, 0.1) is 16.8 Å². The van der Waals surface area contributed by atoms with E-state index >= 15 is 0 Å². The molecule has 2 aromatic carbocycles. The summed E-state index contributed by atoms with van der Waals surface area (Å²) in [6.45, 7) is 0. The molecule has 0 saturated heterocycles. The Kier molecular flexibility index (Phi) is 3.20. The van der Waals surface area contributed by atoms with Crippen LogP contribution in [0.3, 0.4) is 0 Å². The molecule has 110 valence electrons. The molecule has 1 amide bonds. The fourth-order valence-electron chi connectivity index (χ4n) is 2.69. The van der Waals surface area contributed by atoms with E-state index in [1.54, 1.807) is 30.7 Å². The van der Waals surface area contributed by atoms with Gasteiger partial charge in [-0.25, -0.2) is 0 Å². The normalized spacial score (nSPS) is 10.8. The van der Waals surface area contributed by atoms with Crippen molar-refractivity contribution < 1.29 is 4.79 Å². The first-order valence-electron chi connectivity index (χ1n) is 7.31. The number of carbonyl (C=O) groups is 1. The van der Waals surface area contributed by atoms with Crippen LogP contribution in [0.4, 0.5) is 5.69 Å². The van der Waals surface area contributed by atoms with Crippen molar-refractivity contribution in [3.05, 3.63) is 78.8 Å². The average Bonchev–Trinajstić information content (AvgIpc) is 2.62. The zero-order valence-electron chi connectivity index (χ0n) is 12.2. The quantitative estimate of drug-likeness (QED) is 0.568. The summed E-state index contributed by atoms with van der Waals surface area (Å²) in [5.41, 5.74) is 2.15. The topological polar surface area (TPSA) is 54.9 Å². The first-order valence-corrected chi connectivity index (χ1v) is 7.31. The predicted molar refractivity (Wildman–Crippen MR) is 91.4 cm³/mol. The van der Waals surface area contributed by atoms with Gasteiger partial charge in [-0.2, -0.15) is 0 Å². The van der Waals surface area contributed by atoms with Crippen molar-refractivity contribution in [2.24, 2.45) is 0 Å². The molecule has 4 nitrogen and oxygen atoms in total. The molecule has 1 N–H and O–H groups in total. The molecule has 2 heterocycles. The van der Waals surface area contributed by atoms with Crippen molar-refractivity contribution in [1.29, 1.82) is 0 Å². The van der Waals surface area contributed by atoms with Crippen LogP contribution >= 0.6 is 0 Å². The minimum Gasteiger partial charge on any atom is -0.321 e. The maximum absolute atomic E-state index is 12.3. The van der Waals surface area contributed by atoms with Gasteiger partial charge in [-0.3, -0.25) is 14.8 Å². The van der Waals surface area contributed by atoms with Gasteiger partial charge in [0.15, 0.2) is 0 Å². The fraction of sp³-hybridized carbons (Fsp3) is 0. The summed E-state index contributed by atoms with van der Waals surface area (Å²) in [5.74, 6) is -0.182. The van der Waals surface area contributed by atoms with E-state index in [2.05, 4.69) is 21.4 Å². The third kappa shape index (κ3) is 2.40. The van der Waals surface area contributed by atoms with E-state index in [9.17, 15) is 4.79 Å². The highest BCUT2D eigenvalue weighted by atomic mass is 16.1. The van der Waals surface area contributed by atoms with Gasteiger partial charge >= 0.3 is 0 Å². The van der Waals surface area contributed by atoms with E-state index < -0.39 is 0 Å². The van der Waals surface area contributed by atoms with E-state index in [1.807, 2.05) is 36.4 Å². The lowest BCUT2D eigenvalue weighted by atomic mass is 10.1. The minimum atomic E-state index is -0.182. The second-order valence-corrected chi connectivity index (χ2v) is 5.24. The number of pyridine rings is 2. The van der Waals surface area contributed by atoms with Crippen LogP contribution in [-0.2, 0) is 0 Å². The SMILES string of the molecule is O=C(Nc1ccnc2c1ccc1ccccc12)c1cccnc1. The maximum atomic E-state index is 12.3. The van der Waals surface area contributed by atoms with Gasteiger partial charge in [0.1, 0.15) is 0 Å². The minimum absolute atomic E-state index is 0.182. The molecule has 0 bridgehead atoms. The number of hydrogen-bond donors (Lipinski definition) is 1. The van der Waals surface area contributed by atoms with Crippen LogP contribution in [0.25, 0.3) is 21.7 Å². The van der Waals surface area contributed by atoms with Crippen molar-refractivity contribution in [1.82, 2.24) is 9.97 Å². The Balaban J connectivity index is 1.82. The number of aromatic nitrogens is 2. The zero-order valence-corrected chi connectivity index (χ0v) is 12.2. The molecule has 0 aliphatic carbocycles. The van der Waals surface area contributed by atoms with Crippen LogP contribution < -0.4 is 5.32 Å². The van der Waals surface area contributed by atoms with Crippen LogP contribution in [0.1, 0.15) is 10.4 Å². The van der Waals surface area contributed by atoms with Crippen LogP contribution in [0.2, 0.25) is 0 Å². The largest absolute Gasteiger partial charge is 0.321 e. The Morgan fingerprint density at radius 2 is 1.78 bits per heavy atom. The summed E-state index contributed by atoms with van der Waals surface area (Å²) in [7, 11) is 0. The molecular formula is C19H13N3O. The van der Waals surface area contributed by atoms with E-state index in [0.29, 0.717) is 5.56 Å². The van der Waals surface area contributed by atoms with Gasteiger partial charge in [-0.05, 0) is 23.6 Å². The number of hydrogen-bond acceptors (Lipinski definition) is 3. The third-order valence-electron chi connectivity index (χ3n) is 3.81. The Morgan fingerprint density at radius 1 is 0.870 bits per heavy atom. The monoisotopic (exact) mass is 299 g/mol. The third-order valence-corrected chi connectivity index (χ3v) is 3.81. The number of fused-ring (bicyclic) bond motifs is 3. The highest BCUT2D eigenvalue weighted by Gasteiger charge is 2.10. The van der Waals surface area contributed by atoms with Gasteiger partial charge in [-0.15, -0.1) is 0 Å². The van der Waals surface area contributed by atoms with Crippen LogP contribution in [0, 0.1) is 0 Å². The second-order valence-electron chi connectivity index (χ2n) is 5.24. The van der Waals surface area contributed by atoms with Crippen molar-refractivity contribution >= 4 is 33.3 Å². The molecule has 0 aliphatic rings. The number of benzene rings is 2. The number of nitrogens with zero attached hydrogens (tertiary/aromatic N) is 2. The number of rotatable bonds is 2. The highest BCUT2D eigenvalue weighted by molar-refractivity contribution is 6.13. The molecular weight excluding hydrogens is 286 g/mol. The summed E-state index contributed by atoms with van der Waals surface area (Å²) in [6, 6.07) is 17.4.